The fraction of sp³-hybridized carbons (Fsp3) is 0.222. The molecule has 0 aliphatic carbocycles. The highest BCUT2D eigenvalue weighted by Gasteiger charge is 2.09. The van der Waals surface area contributed by atoms with E-state index in [0.29, 0.717) is 0 Å². The number of aromatic nitrogens is 2. The number of halogens is 1. The average molecular weight is 228 g/mol. The third-order valence-electron chi connectivity index (χ3n) is 2.18. The molecule has 1 aromatic carbocycles. The molecule has 1 heterocycles. The van der Waals surface area contributed by atoms with Crippen molar-refractivity contribution in [2.75, 3.05) is 5.75 Å². The van der Waals surface area contributed by atoms with Crippen molar-refractivity contribution in [3.8, 4) is 0 Å². The minimum atomic E-state index is -4.41. The Morgan fingerprint density at radius 1 is 1.40 bits per heavy atom. The largest absolute Gasteiger partial charge is 0.302 e. The molecule has 4 nitrogen and oxygen atoms in total. The van der Waals surface area contributed by atoms with Gasteiger partial charge in [-0.3, -0.25) is 5.10 Å². The molecule has 0 bridgehead atoms. The van der Waals surface area contributed by atoms with Crippen LogP contribution in [0.1, 0.15) is 5.56 Å². The van der Waals surface area contributed by atoms with Crippen molar-refractivity contribution >= 4 is 21.1 Å². The smallest absolute Gasteiger partial charge is 0.278 e. The van der Waals surface area contributed by atoms with E-state index >= 15 is 0 Å². The van der Waals surface area contributed by atoms with E-state index in [1.165, 1.54) is 0 Å². The van der Waals surface area contributed by atoms with Gasteiger partial charge >= 0.3 is 10.2 Å². The summed E-state index contributed by atoms with van der Waals surface area (Å²) in [5.74, 6) is -0.495. The van der Waals surface area contributed by atoms with Gasteiger partial charge in [-0.25, -0.2) is 0 Å². The molecule has 80 valence electrons. The fourth-order valence-corrected chi connectivity index (χ4v) is 1.93. The van der Waals surface area contributed by atoms with Crippen LogP contribution in [0.4, 0.5) is 3.89 Å². The van der Waals surface area contributed by atoms with Gasteiger partial charge in [0.2, 0.25) is 0 Å². The SMILES string of the molecule is O=S(=O)(F)CCc1cccc2cn[nH]c12. The molecular formula is C9H9FN2O2S. The van der Waals surface area contributed by atoms with Gasteiger partial charge in [-0.05, 0) is 12.0 Å². The first-order chi connectivity index (χ1) is 7.06. The molecular weight excluding hydrogens is 219 g/mol. The predicted octanol–water partition coefficient (Wildman–Crippen LogP) is 1.40. The van der Waals surface area contributed by atoms with Crippen LogP contribution in [0.5, 0.6) is 0 Å². The van der Waals surface area contributed by atoms with E-state index in [0.717, 1.165) is 16.5 Å². The molecule has 6 heteroatoms. The summed E-state index contributed by atoms with van der Waals surface area (Å²) in [6.45, 7) is 0. The maximum absolute atomic E-state index is 12.3. The number of benzene rings is 1. The lowest BCUT2D eigenvalue weighted by Gasteiger charge is -1.99. The lowest BCUT2D eigenvalue weighted by atomic mass is 10.1. The van der Waals surface area contributed by atoms with Gasteiger partial charge in [0.15, 0.2) is 0 Å². The summed E-state index contributed by atoms with van der Waals surface area (Å²) in [7, 11) is -4.41. The highest BCUT2D eigenvalue weighted by Crippen LogP contribution is 2.16. The molecule has 0 aliphatic rings. The lowest BCUT2D eigenvalue weighted by Crippen LogP contribution is -2.02. The first-order valence-electron chi connectivity index (χ1n) is 4.39. The average Bonchev–Trinajstić information content (AvgIpc) is 2.61. The second-order valence-electron chi connectivity index (χ2n) is 3.24. The molecule has 0 radical (unpaired) electrons. The van der Waals surface area contributed by atoms with Gasteiger partial charge in [-0.15, -0.1) is 3.89 Å². The molecule has 0 unspecified atom stereocenters. The molecule has 15 heavy (non-hydrogen) atoms. The second kappa shape index (κ2) is 3.62. The quantitative estimate of drug-likeness (QED) is 0.808. The lowest BCUT2D eigenvalue weighted by molar-refractivity contribution is 0.551. The Hall–Kier alpha value is -1.43. The van der Waals surface area contributed by atoms with Gasteiger partial charge in [0, 0.05) is 5.39 Å². The van der Waals surface area contributed by atoms with E-state index < -0.39 is 16.0 Å². The topological polar surface area (TPSA) is 62.8 Å². The second-order valence-corrected chi connectivity index (χ2v) is 4.73. The van der Waals surface area contributed by atoms with Gasteiger partial charge in [0.25, 0.3) is 0 Å². The molecule has 2 rings (SSSR count). The van der Waals surface area contributed by atoms with Crippen molar-refractivity contribution in [3.05, 3.63) is 30.0 Å². The fourth-order valence-electron chi connectivity index (χ4n) is 1.47. The molecule has 2 aromatic rings. The minimum Gasteiger partial charge on any atom is -0.278 e. The number of para-hydroxylation sites is 1. The standard InChI is InChI=1S/C9H9FN2O2S/c10-15(13,14)5-4-7-2-1-3-8-6-11-12-9(7)8/h1-3,6H,4-5H2,(H,11,12). The minimum absolute atomic E-state index is 0.151. The zero-order valence-electron chi connectivity index (χ0n) is 7.77. The first-order valence-corrected chi connectivity index (χ1v) is 5.95. The number of fused-ring (bicyclic) bond motifs is 1. The number of aryl methyl sites for hydroxylation is 1. The van der Waals surface area contributed by atoms with E-state index in [-0.39, 0.29) is 6.42 Å². The zero-order valence-corrected chi connectivity index (χ0v) is 8.59. The Morgan fingerprint density at radius 3 is 2.93 bits per heavy atom. The molecule has 0 saturated carbocycles. The summed E-state index contributed by atoms with van der Waals surface area (Å²) in [5.41, 5.74) is 1.52. The van der Waals surface area contributed by atoms with Crippen LogP contribution in [0, 0.1) is 0 Å². The Balaban J connectivity index is 2.32. The van der Waals surface area contributed by atoms with Crippen molar-refractivity contribution < 1.29 is 12.3 Å². The van der Waals surface area contributed by atoms with E-state index in [2.05, 4.69) is 10.2 Å². The van der Waals surface area contributed by atoms with Gasteiger partial charge in [0.1, 0.15) is 0 Å². The molecule has 0 aliphatic heterocycles. The number of nitrogens with zero attached hydrogens (tertiary/aromatic N) is 1. The van der Waals surface area contributed by atoms with Crippen LogP contribution < -0.4 is 0 Å². The first kappa shape index (κ1) is 10.1. The van der Waals surface area contributed by atoms with Crippen LogP contribution in [0.3, 0.4) is 0 Å². The van der Waals surface area contributed by atoms with Crippen LogP contribution in [-0.2, 0) is 16.6 Å². The van der Waals surface area contributed by atoms with E-state index in [1.807, 2.05) is 6.07 Å². The van der Waals surface area contributed by atoms with Crippen LogP contribution in [-0.4, -0.2) is 24.4 Å². The van der Waals surface area contributed by atoms with Gasteiger partial charge in [-0.1, -0.05) is 18.2 Å². The Kier molecular flexibility index (Phi) is 2.44. The van der Waals surface area contributed by atoms with Gasteiger partial charge < -0.3 is 0 Å². The molecule has 0 atom stereocenters. The van der Waals surface area contributed by atoms with Crippen LogP contribution in [0.2, 0.25) is 0 Å². The molecule has 1 aromatic heterocycles. The molecule has 0 amide bonds. The summed E-state index contributed by atoms with van der Waals surface area (Å²) in [6.07, 6.45) is 1.79. The number of hydrogen-bond acceptors (Lipinski definition) is 3. The van der Waals surface area contributed by atoms with Crippen LogP contribution in [0.25, 0.3) is 10.9 Å². The Bertz CT molecular complexity index is 577. The summed E-state index contributed by atoms with van der Waals surface area (Å²) in [4.78, 5) is 0. The molecule has 1 N–H and O–H groups in total. The zero-order chi connectivity index (χ0) is 10.9. The van der Waals surface area contributed by atoms with Crippen molar-refractivity contribution in [1.29, 1.82) is 0 Å². The highest BCUT2D eigenvalue weighted by atomic mass is 32.3. The Morgan fingerprint density at radius 2 is 2.20 bits per heavy atom. The predicted molar refractivity (Wildman–Crippen MR) is 54.7 cm³/mol. The van der Waals surface area contributed by atoms with E-state index in [4.69, 9.17) is 0 Å². The van der Waals surface area contributed by atoms with Crippen molar-refractivity contribution in [2.24, 2.45) is 0 Å². The summed E-state index contributed by atoms with van der Waals surface area (Å²) < 4.78 is 33.1. The number of nitrogens with one attached hydrogen (secondary N) is 1. The van der Waals surface area contributed by atoms with Gasteiger partial charge in [0.05, 0.1) is 17.5 Å². The molecule has 0 saturated heterocycles. The summed E-state index contributed by atoms with van der Waals surface area (Å²) >= 11 is 0. The van der Waals surface area contributed by atoms with E-state index in [9.17, 15) is 12.3 Å². The molecule has 0 spiro atoms. The maximum Gasteiger partial charge on any atom is 0.302 e. The highest BCUT2D eigenvalue weighted by molar-refractivity contribution is 7.86. The monoisotopic (exact) mass is 228 g/mol. The molecule has 0 fully saturated rings. The maximum atomic E-state index is 12.3. The number of rotatable bonds is 3. The van der Waals surface area contributed by atoms with E-state index in [1.54, 1.807) is 18.3 Å². The van der Waals surface area contributed by atoms with Gasteiger partial charge in [-0.2, -0.15) is 13.5 Å². The third-order valence-corrected chi connectivity index (χ3v) is 2.87. The number of H-pyrrole nitrogens is 1. The van der Waals surface area contributed by atoms with Crippen molar-refractivity contribution in [1.82, 2.24) is 10.2 Å². The van der Waals surface area contributed by atoms with Crippen molar-refractivity contribution in [3.63, 3.8) is 0 Å². The van der Waals surface area contributed by atoms with Crippen LogP contribution in [0.15, 0.2) is 24.4 Å². The summed E-state index contributed by atoms with van der Waals surface area (Å²) in [5, 5.41) is 7.49. The van der Waals surface area contributed by atoms with Crippen molar-refractivity contribution in [2.45, 2.75) is 6.42 Å². The normalized spacial score (nSPS) is 12.1. The number of hydrogen-bond donors (Lipinski definition) is 1. The third kappa shape index (κ3) is 2.33. The van der Waals surface area contributed by atoms with Crippen LogP contribution >= 0.6 is 0 Å². The Labute approximate surface area is 86.3 Å². The summed E-state index contributed by atoms with van der Waals surface area (Å²) in [6, 6.07) is 5.40. The number of aromatic amines is 1.